The van der Waals surface area contributed by atoms with Crippen LogP contribution in [0.3, 0.4) is 0 Å². The first-order valence-corrected chi connectivity index (χ1v) is 6.37. The van der Waals surface area contributed by atoms with E-state index in [-0.39, 0.29) is 5.82 Å². The third kappa shape index (κ3) is 4.73. The molecule has 1 atom stereocenters. The fourth-order valence-corrected chi connectivity index (χ4v) is 1.82. The maximum Gasteiger partial charge on any atom is 0.123 e. The third-order valence-corrected chi connectivity index (χ3v) is 2.94. The molecule has 0 aliphatic carbocycles. The molecule has 0 bridgehead atoms. The summed E-state index contributed by atoms with van der Waals surface area (Å²) >= 11 is 0. The second-order valence-electron chi connectivity index (χ2n) is 4.42. The molecule has 1 N–H and O–H groups in total. The van der Waals surface area contributed by atoms with Gasteiger partial charge in [-0.1, -0.05) is 13.8 Å². The number of nitrogens with one attached hydrogen (secondary N) is 1. The minimum atomic E-state index is -0.182. The Hall–Kier alpha value is -1.09. The van der Waals surface area contributed by atoms with Crippen molar-refractivity contribution in [3.05, 3.63) is 30.1 Å². The largest absolute Gasteiger partial charge is 0.373 e. The molecule has 0 radical (unpaired) electrons. The van der Waals surface area contributed by atoms with Crippen LogP contribution in [0.25, 0.3) is 0 Å². The number of hydrogen-bond donors (Lipinski definition) is 1. The van der Waals surface area contributed by atoms with Gasteiger partial charge < -0.3 is 10.2 Å². The van der Waals surface area contributed by atoms with Crippen LogP contribution in [-0.4, -0.2) is 26.2 Å². The van der Waals surface area contributed by atoms with Crippen molar-refractivity contribution in [2.75, 3.05) is 25.0 Å². The van der Waals surface area contributed by atoms with Crippen molar-refractivity contribution >= 4 is 5.69 Å². The predicted octanol–water partition coefficient (Wildman–Crippen LogP) is 3.04. The van der Waals surface area contributed by atoms with Crippen molar-refractivity contribution in [3.8, 4) is 0 Å². The van der Waals surface area contributed by atoms with Crippen LogP contribution in [0.15, 0.2) is 24.3 Å². The molecular formula is C14H23FN2. The van der Waals surface area contributed by atoms with Crippen LogP contribution in [0.1, 0.15) is 26.7 Å². The first kappa shape index (κ1) is 14.0. The summed E-state index contributed by atoms with van der Waals surface area (Å²) in [6, 6.07) is 7.15. The van der Waals surface area contributed by atoms with Gasteiger partial charge in [0.05, 0.1) is 0 Å². The second kappa shape index (κ2) is 7.28. The van der Waals surface area contributed by atoms with Gasteiger partial charge in [0.1, 0.15) is 5.82 Å². The lowest BCUT2D eigenvalue weighted by atomic mass is 10.2. The van der Waals surface area contributed by atoms with Crippen LogP contribution in [0, 0.1) is 5.82 Å². The summed E-state index contributed by atoms with van der Waals surface area (Å²) in [7, 11) is 2.05. The molecule has 0 aliphatic rings. The summed E-state index contributed by atoms with van der Waals surface area (Å²) < 4.78 is 12.8. The number of likely N-dealkylation sites (N-methyl/N-ethyl adjacent to an activating group) is 1. The highest BCUT2D eigenvalue weighted by molar-refractivity contribution is 5.45. The Bertz CT molecular complexity index is 311. The summed E-state index contributed by atoms with van der Waals surface area (Å²) in [5.41, 5.74) is 1.06. The second-order valence-corrected chi connectivity index (χ2v) is 4.42. The average molecular weight is 238 g/mol. The van der Waals surface area contributed by atoms with Crippen molar-refractivity contribution in [3.63, 3.8) is 0 Å². The quantitative estimate of drug-likeness (QED) is 0.785. The van der Waals surface area contributed by atoms with E-state index in [1.165, 1.54) is 12.1 Å². The Morgan fingerprint density at radius 3 is 2.41 bits per heavy atom. The standard InChI is InChI=1S/C14H23FN2/c1-4-10-16-13(5-2)11-17(3)14-8-6-12(15)7-9-14/h6-9,13,16H,4-5,10-11H2,1-3H3. The van der Waals surface area contributed by atoms with Gasteiger partial charge in [0.25, 0.3) is 0 Å². The van der Waals surface area contributed by atoms with Crippen molar-refractivity contribution in [2.24, 2.45) is 0 Å². The topological polar surface area (TPSA) is 15.3 Å². The molecule has 1 unspecified atom stereocenters. The molecule has 0 saturated carbocycles. The van der Waals surface area contributed by atoms with E-state index in [2.05, 4.69) is 24.1 Å². The zero-order valence-electron chi connectivity index (χ0n) is 11.0. The fraction of sp³-hybridized carbons (Fsp3) is 0.571. The molecule has 1 rings (SSSR count). The van der Waals surface area contributed by atoms with Crippen molar-refractivity contribution < 1.29 is 4.39 Å². The van der Waals surface area contributed by atoms with Crippen LogP contribution >= 0.6 is 0 Å². The van der Waals surface area contributed by atoms with Crippen molar-refractivity contribution in [2.45, 2.75) is 32.7 Å². The Morgan fingerprint density at radius 1 is 1.24 bits per heavy atom. The molecule has 0 aromatic heterocycles. The van der Waals surface area contributed by atoms with Gasteiger partial charge in [-0.25, -0.2) is 4.39 Å². The highest BCUT2D eigenvalue weighted by Gasteiger charge is 2.09. The molecule has 2 nitrogen and oxygen atoms in total. The molecule has 17 heavy (non-hydrogen) atoms. The monoisotopic (exact) mass is 238 g/mol. The molecule has 1 aromatic carbocycles. The van der Waals surface area contributed by atoms with Gasteiger partial charge in [0.2, 0.25) is 0 Å². The lowest BCUT2D eigenvalue weighted by Gasteiger charge is -2.25. The molecule has 0 amide bonds. The van der Waals surface area contributed by atoms with E-state index < -0.39 is 0 Å². The first-order valence-electron chi connectivity index (χ1n) is 6.37. The van der Waals surface area contributed by atoms with Crippen LogP contribution < -0.4 is 10.2 Å². The van der Waals surface area contributed by atoms with Crippen LogP contribution in [0.5, 0.6) is 0 Å². The molecule has 0 spiro atoms. The Balaban J connectivity index is 2.51. The Labute approximate surface area is 104 Å². The zero-order chi connectivity index (χ0) is 12.7. The molecular weight excluding hydrogens is 215 g/mol. The first-order chi connectivity index (χ1) is 8.17. The lowest BCUT2D eigenvalue weighted by Crippen LogP contribution is -2.39. The molecule has 3 heteroatoms. The van der Waals surface area contributed by atoms with Gasteiger partial charge in [0.15, 0.2) is 0 Å². The number of hydrogen-bond acceptors (Lipinski definition) is 2. The molecule has 0 saturated heterocycles. The number of anilines is 1. The van der Waals surface area contributed by atoms with E-state index in [1.807, 2.05) is 19.2 Å². The Morgan fingerprint density at radius 2 is 1.88 bits per heavy atom. The minimum absolute atomic E-state index is 0.182. The van der Waals surface area contributed by atoms with Gasteiger partial charge in [0, 0.05) is 25.3 Å². The van der Waals surface area contributed by atoms with Crippen LogP contribution in [0.4, 0.5) is 10.1 Å². The smallest absolute Gasteiger partial charge is 0.123 e. The maximum atomic E-state index is 12.8. The highest BCUT2D eigenvalue weighted by Crippen LogP contribution is 2.13. The van der Waals surface area contributed by atoms with E-state index in [0.29, 0.717) is 6.04 Å². The van der Waals surface area contributed by atoms with E-state index >= 15 is 0 Å². The summed E-state index contributed by atoms with van der Waals surface area (Å²) in [5.74, 6) is -0.182. The third-order valence-electron chi connectivity index (χ3n) is 2.94. The molecule has 0 fully saturated rings. The van der Waals surface area contributed by atoms with Crippen LogP contribution in [-0.2, 0) is 0 Å². The Kier molecular flexibility index (Phi) is 5.98. The average Bonchev–Trinajstić information content (AvgIpc) is 2.35. The van der Waals surface area contributed by atoms with Gasteiger partial charge >= 0.3 is 0 Å². The summed E-state index contributed by atoms with van der Waals surface area (Å²) in [4.78, 5) is 2.16. The minimum Gasteiger partial charge on any atom is -0.373 e. The van der Waals surface area contributed by atoms with Crippen LogP contribution in [0.2, 0.25) is 0 Å². The molecule has 0 heterocycles. The van der Waals surface area contributed by atoms with Crippen molar-refractivity contribution in [1.82, 2.24) is 5.32 Å². The van der Waals surface area contributed by atoms with E-state index in [4.69, 9.17) is 0 Å². The van der Waals surface area contributed by atoms with E-state index in [9.17, 15) is 4.39 Å². The number of rotatable bonds is 7. The van der Waals surface area contributed by atoms with Gasteiger partial charge in [-0.3, -0.25) is 0 Å². The summed E-state index contributed by atoms with van der Waals surface area (Å²) in [6.07, 6.45) is 2.25. The summed E-state index contributed by atoms with van der Waals surface area (Å²) in [6.45, 7) is 6.35. The molecule has 1 aromatic rings. The molecule has 96 valence electrons. The van der Waals surface area contributed by atoms with Gasteiger partial charge in [-0.2, -0.15) is 0 Å². The summed E-state index contributed by atoms with van der Waals surface area (Å²) in [5, 5.41) is 3.52. The normalized spacial score (nSPS) is 12.5. The number of nitrogens with zero attached hydrogens (tertiary/aromatic N) is 1. The van der Waals surface area contributed by atoms with Crippen molar-refractivity contribution in [1.29, 1.82) is 0 Å². The molecule has 0 aliphatic heterocycles. The lowest BCUT2D eigenvalue weighted by molar-refractivity contribution is 0.497. The number of benzene rings is 1. The van der Waals surface area contributed by atoms with E-state index in [0.717, 1.165) is 31.6 Å². The van der Waals surface area contributed by atoms with E-state index in [1.54, 1.807) is 0 Å². The maximum absolute atomic E-state index is 12.8. The predicted molar refractivity (Wildman–Crippen MR) is 72.0 cm³/mol. The zero-order valence-corrected chi connectivity index (χ0v) is 11.0. The SMILES string of the molecule is CCCNC(CC)CN(C)c1ccc(F)cc1. The highest BCUT2D eigenvalue weighted by atomic mass is 19.1. The van der Waals surface area contributed by atoms with Gasteiger partial charge in [-0.05, 0) is 43.7 Å². The number of halogens is 1. The van der Waals surface area contributed by atoms with Gasteiger partial charge in [-0.15, -0.1) is 0 Å². The fourth-order valence-electron chi connectivity index (χ4n) is 1.82.